The topological polar surface area (TPSA) is 88.6 Å². The van der Waals surface area contributed by atoms with Crippen molar-refractivity contribution in [2.45, 2.75) is 32.9 Å². The molecule has 2 aromatic rings. The van der Waals surface area contributed by atoms with Crippen molar-refractivity contribution >= 4 is 11.6 Å². The Morgan fingerprint density at radius 2 is 2.33 bits per heavy atom. The Kier molecular flexibility index (Phi) is 6.05. The van der Waals surface area contributed by atoms with Gasteiger partial charge in [0.1, 0.15) is 0 Å². The molecule has 1 aromatic heterocycles. The average molecular weight is 370 g/mol. The lowest BCUT2D eigenvalue weighted by molar-refractivity contribution is -0.384. The molecule has 1 saturated heterocycles. The number of nitro benzene ring substituents is 1. The van der Waals surface area contributed by atoms with Crippen LogP contribution in [0.3, 0.4) is 0 Å². The summed E-state index contributed by atoms with van der Waals surface area (Å²) in [6.07, 6.45) is 6.77. The smallest absolute Gasteiger partial charge is 0.269 e. The van der Waals surface area contributed by atoms with Gasteiger partial charge in [-0.3, -0.25) is 10.1 Å². The van der Waals surface area contributed by atoms with Crippen LogP contribution in [0.2, 0.25) is 0 Å². The molecule has 0 radical (unpaired) electrons. The number of aromatic nitrogens is 2. The maximum Gasteiger partial charge on any atom is 0.269 e. The van der Waals surface area contributed by atoms with Gasteiger partial charge in [0.15, 0.2) is 5.96 Å². The van der Waals surface area contributed by atoms with Crippen LogP contribution < -0.4 is 5.32 Å². The van der Waals surface area contributed by atoms with E-state index in [1.165, 1.54) is 6.07 Å². The predicted octanol–water partition coefficient (Wildman–Crippen LogP) is 2.84. The molecule has 3 rings (SSSR count). The first-order valence-electron chi connectivity index (χ1n) is 9.32. The largest absolute Gasteiger partial charge is 0.357 e. The van der Waals surface area contributed by atoms with Crippen molar-refractivity contribution in [3.05, 3.63) is 58.7 Å². The summed E-state index contributed by atoms with van der Waals surface area (Å²) in [6.45, 7) is 7.30. The second kappa shape index (κ2) is 8.66. The molecule has 2 heterocycles. The van der Waals surface area contributed by atoms with Crippen LogP contribution in [0.1, 0.15) is 31.9 Å². The molecular weight excluding hydrogens is 344 g/mol. The first-order chi connectivity index (χ1) is 13.1. The van der Waals surface area contributed by atoms with Gasteiger partial charge in [-0.25, -0.2) is 9.98 Å². The number of hydrogen-bond donors (Lipinski definition) is 1. The van der Waals surface area contributed by atoms with Crippen molar-refractivity contribution in [1.29, 1.82) is 0 Å². The van der Waals surface area contributed by atoms with Crippen molar-refractivity contribution in [2.75, 3.05) is 19.6 Å². The van der Waals surface area contributed by atoms with Crippen LogP contribution in [0.5, 0.6) is 0 Å². The van der Waals surface area contributed by atoms with E-state index in [9.17, 15) is 10.1 Å². The molecule has 0 spiro atoms. The number of imidazole rings is 1. The van der Waals surface area contributed by atoms with Crippen molar-refractivity contribution < 1.29 is 4.92 Å². The van der Waals surface area contributed by atoms with Gasteiger partial charge in [-0.2, -0.15) is 0 Å². The SMILES string of the molecule is CCNC(=NCc1cccc([N+](=O)[O-])c1)N1CCC(C)C(n2ccnc2)C1. The maximum atomic E-state index is 11.0. The number of aliphatic imine (C=N–C) groups is 1. The van der Waals surface area contributed by atoms with Crippen molar-refractivity contribution in [2.24, 2.45) is 10.9 Å². The average Bonchev–Trinajstić information content (AvgIpc) is 3.20. The van der Waals surface area contributed by atoms with Crippen LogP contribution >= 0.6 is 0 Å². The highest BCUT2D eigenvalue weighted by atomic mass is 16.6. The van der Waals surface area contributed by atoms with E-state index in [2.05, 4.69) is 26.7 Å². The zero-order chi connectivity index (χ0) is 19.2. The van der Waals surface area contributed by atoms with Gasteiger partial charge < -0.3 is 14.8 Å². The molecule has 1 aliphatic heterocycles. The lowest BCUT2D eigenvalue weighted by Crippen LogP contribution is -2.49. The second-order valence-electron chi connectivity index (χ2n) is 6.89. The Morgan fingerprint density at radius 3 is 3.04 bits per heavy atom. The van der Waals surface area contributed by atoms with E-state index < -0.39 is 0 Å². The molecule has 27 heavy (non-hydrogen) atoms. The van der Waals surface area contributed by atoms with Crippen molar-refractivity contribution in [3.8, 4) is 0 Å². The van der Waals surface area contributed by atoms with E-state index in [4.69, 9.17) is 4.99 Å². The fraction of sp³-hybridized carbons (Fsp3) is 0.474. The molecule has 1 N–H and O–H groups in total. The summed E-state index contributed by atoms with van der Waals surface area (Å²) in [5, 5.41) is 14.3. The summed E-state index contributed by atoms with van der Waals surface area (Å²) in [4.78, 5) is 21.8. The third-order valence-corrected chi connectivity index (χ3v) is 4.99. The van der Waals surface area contributed by atoms with Crippen molar-refractivity contribution in [3.63, 3.8) is 0 Å². The number of benzene rings is 1. The summed E-state index contributed by atoms with van der Waals surface area (Å²) in [6, 6.07) is 7.00. The minimum absolute atomic E-state index is 0.0969. The normalized spacial score (nSPS) is 20.5. The summed E-state index contributed by atoms with van der Waals surface area (Å²) in [7, 11) is 0. The quantitative estimate of drug-likeness (QED) is 0.378. The molecule has 0 saturated carbocycles. The second-order valence-corrected chi connectivity index (χ2v) is 6.89. The third-order valence-electron chi connectivity index (χ3n) is 4.99. The number of piperidine rings is 1. The standard InChI is InChI=1S/C19H26N6O2/c1-3-21-19(22-12-16-5-4-6-17(11-16)25(26)27)23-9-7-15(2)18(13-23)24-10-8-20-14-24/h4-6,8,10-11,14-15,18H,3,7,9,12-13H2,1-2H3,(H,21,22). The van der Waals surface area contributed by atoms with E-state index >= 15 is 0 Å². The Labute approximate surface area is 159 Å². The number of nitrogens with zero attached hydrogens (tertiary/aromatic N) is 5. The zero-order valence-corrected chi connectivity index (χ0v) is 15.8. The highest BCUT2D eigenvalue weighted by Crippen LogP contribution is 2.27. The first kappa shape index (κ1) is 18.9. The summed E-state index contributed by atoms with van der Waals surface area (Å²) in [5.74, 6) is 1.41. The molecule has 2 atom stereocenters. The van der Waals surface area contributed by atoms with Gasteiger partial charge in [0.05, 0.1) is 23.8 Å². The predicted molar refractivity (Wildman–Crippen MR) is 105 cm³/mol. The van der Waals surface area contributed by atoms with Gasteiger partial charge >= 0.3 is 0 Å². The minimum Gasteiger partial charge on any atom is -0.357 e. The zero-order valence-electron chi connectivity index (χ0n) is 15.8. The molecule has 0 aliphatic carbocycles. The highest BCUT2D eigenvalue weighted by Gasteiger charge is 2.28. The Bertz CT molecular complexity index is 789. The van der Waals surface area contributed by atoms with Crippen molar-refractivity contribution in [1.82, 2.24) is 19.8 Å². The van der Waals surface area contributed by atoms with Crippen LogP contribution in [-0.2, 0) is 6.54 Å². The number of nitrogens with one attached hydrogen (secondary N) is 1. The number of rotatable bonds is 5. The number of non-ortho nitro benzene ring substituents is 1. The number of guanidine groups is 1. The van der Waals surface area contributed by atoms with Crippen LogP contribution in [0.25, 0.3) is 0 Å². The molecule has 144 valence electrons. The monoisotopic (exact) mass is 370 g/mol. The van der Waals surface area contributed by atoms with Gasteiger partial charge in [0, 0.05) is 44.2 Å². The fourth-order valence-electron chi connectivity index (χ4n) is 3.46. The molecule has 2 unspecified atom stereocenters. The Hall–Kier alpha value is -2.90. The maximum absolute atomic E-state index is 11.0. The van der Waals surface area contributed by atoms with Gasteiger partial charge in [0.25, 0.3) is 5.69 Å². The minimum atomic E-state index is -0.375. The molecule has 1 fully saturated rings. The van der Waals surface area contributed by atoms with E-state index in [1.807, 2.05) is 31.7 Å². The third kappa shape index (κ3) is 4.64. The lowest BCUT2D eigenvalue weighted by atomic mass is 9.93. The van der Waals surface area contributed by atoms with Crippen LogP contribution in [0.4, 0.5) is 5.69 Å². The summed E-state index contributed by atoms with van der Waals surface area (Å²) >= 11 is 0. The molecule has 0 bridgehead atoms. The van der Waals surface area contributed by atoms with Gasteiger partial charge in [-0.15, -0.1) is 0 Å². The number of likely N-dealkylation sites (tertiary alicyclic amines) is 1. The van der Waals surface area contributed by atoms with E-state index in [1.54, 1.807) is 12.1 Å². The highest BCUT2D eigenvalue weighted by molar-refractivity contribution is 5.80. The van der Waals surface area contributed by atoms with Gasteiger partial charge in [-0.05, 0) is 24.8 Å². The van der Waals surface area contributed by atoms with Crippen LogP contribution in [-0.4, -0.2) is 45.0 Å². The van der Waals surface area contributed by atoms with Crippen LogP contribution in [0.15, 0.2) is 48.0 Å². The van der Waals surface area contributed by atoms with Gasteiger partial charge in [0.2, 0.25) is 0 Å². The number of hydrogen-bond acceptors (Lipinski definition) is 4. The Morgan fingerprint density at radius 1 is 1.48 bits per heavy atom. The molecule has 8 nitrogen and oxygen atoms in total. The molecule has 1 aliphatic rings. The molecule has 8 heteroatoms. The van der Waals surface area contributed by atoms with Crippen LogP contribution in [0, 0.1) is 16.0 Å². The first-order valence-corrected chi connectivity index (χ1v) is 9.32. The van der Waals surface area contributed by atoms with E-state index in [0.29, 0.717) is 18.5 Å². The molecular formula is C19H26N6O2. The Balaban J connectivity index is 1.75. The molecule has 1 aromatic carbocycles. The number of nitro groups is 1. The van der Waals surface area contributed by atoms with Gasteiger partial charge in [-0.1, -0.05) is 19.1 Å². The van der Waals surface area contributed by atoms with E-state index in [-0.39, 0.29) is 10.6 Å². The van der Waals surface area contributed by atoms with E-state index in [0.717, 1.165) is 37.6 Å². The summed E-state index contributed by atoms with van der Waals surface area (Å²) < 4.78 is 2.17. The lowest BCUT2D eigenvalue weighted by Gasteiger charge is -2.39. The molecule has 0 amide bonds. The summed E-state index contributed by atoms with van der Waals surface area (Å²) in [5.41, 5.74) is 0.927. The fourth-order valence-corrected chi connectivity index (χ4v) is 3.46.